The zero-order valence-electron chi connectivity index (χ0n) is 13.9. The maximum absolute atomic E-state index is 13.1. The number of nitrogens with zero attached hydrogens (tertiary/aromatic N) is 4. The largest absolute Gasteiger partial charge is 0.339 e. The van der Waals surface area contributed by atoms with Crippen LogP contribution in [0.3, 0.4) is 0 Å². The molecule has 0 aliphatic carbocycles. The van der Waals surface area contributed by atoms with Crippen LogP contribution in [0.4, 0.5) is 0 Å². The van der Waals surface area contributed by atoms with Gasteiger partial charge in [-0.25, -0.2) is 8.42 Å². The smallest absolute Gasteiger partial charge is 0.245 e. The molecule has 0 spiro atoms. The molecule has 2 aromatic rings. The van der Waals surface area contributed by atoms with Gasteiger partial charge in [0.05, 0.1) is 6.04 Å². The topological polar surface area (TPSA) is 89.2 Å². The van der Waals surface area contributed by atoms with E-state index in [0.717, 1.165) is 19.3 Å². The van der Waals surface area contributed by atoms with Crippen molar-refractivity contribution in [1.29, 1.82) is 0 Å². The van der Waals surface area contributed by atoms with E-state index in [9.17, 15) is 8.42 Å². The lowest BCUT2D eigenvalue weighted by atomic mass is 10.1. The van der Waals surface area contributed by atoms with Crippen LogP contribution in [-0.2, 0) is 10.0 Å². The molecule has 0 amide bonds. The second-order valence-corrected chi connectivity index (χ2v) is 8.21. The van der Waals surface area contributed by atoms with E-state index in [4.69, 9.17) is 4.52 Å². The van der Waals surface area contributed by atoms with Gasteiger partial charge in [0.25, 0.3) is 0 Å². The maximum atomic E-state index is 13.1. The predicted octanol–water partition coefficient (Wildman–Crippen LogP) is 2.89. The van der Waals surface area contributed by atoms with Gasteiger partial charge in [-0.05, 0) is 25.0 Å². The zero-order valence-corrected chi connectivity index (χ0v) is 14.7. The van der Waals surface area contributed by atoms with Crippen molar-refractivity contribution in [3.05, 3.63) is 36.2 Å². The molecule has 0 saturated carbocycles. The molecule has 0 bridgehead atoms. The Hall–Kier alpha value is -1.80. The minimum atomic E-state index is -3.64. The molecular weight excluding hydrogens is 328 g/mol. The molecular formula is C16H22N4O3S. The third-order valence-electron chi connectivity index (χ3n) is 4.19. The van der Waals surface area contributed by atoms with Crippen LogP contribution < -0.4 is 0 Å². The molecule has 1 atom stereocenters. The first-order chi connectivity index (χ1) is 11.5. The number of rotatable bonds is 4. The van der Waals surface area contributed by atoms with Gasteiger partial charge in [0.1, 0.15) is 4.90 Å². The molecule has 3 heterocycles. The van der Waals surface area contributed by atoms with Crippen molar-refractivity contribution in [2.75, 3.05) is 6.54 Å². The van der Waals surface area contributed by atoms with Gasteiger partial charge in [-0.15, -0.1) is 0 Å². The molecule has 130 valence electrons. The molecule has 1 saturated heterocycles. The van der Waals surface area contributed by atoms with Crippen molar-refractivity contribution in [2.24, 2.45) is 0 Å². The molecule has 0 N–H and O–H groups in total. The molecule has 0 aromatic carbocycles. The van der Waals surface area contributed by atoms with Gasteiger partial charge in [-0.2, -0.15) is 9.29 Å². The third kappa shape index (κ3) is 3.34. The summed E-state index contributed by atoms with van der Waals surface area (Å²) in [5.41, 5.74) is 0. The Balaban J connectivity index is 1.98. The van der Waals surface area contributed by atoms with Crippen molar-refractivity contribution in [3.8, 4) is 0 Å². The summed E-state index contributed by atoms with van der Waals surface area (Å²) in [6, 6.07) is 2.80. The molecule has 0 radical (unpaired) electrons. The van der Waals surface area contributed by atoms with Gasteiger partial charge in [0, 0.05) is 24.9 Å². The van der Waals surface area contributed by atoms with Gasteiger partial charge < -0.3 is 4.52 Å². The number of hydrogen-bond donors (Lipinski definition) is 0. The fourth-order valence-electron chi connectivity index (χ4n) is 2.88. The normalized spacial score (nSPS) is 20.2. The van der Waals surface area contributed by atoms with Gasteiger partial charge in [0.2, 0.25) is 15.9 Å². The van der Waals surface area contributed by atoms with Crippen molar-refractivity contribution in [1.82, 2.24) is 19.4 Å². The minimum absolute atomic E-state index is 0.111. The molecule has 1 aliphatic rings. The Morgan fingerprint density at radius 3 is 2.79 bits per heavy atom. The second kappa shape index (κ2) is 6.98. The van der Waals surface area contributed by atoms with Crippen LogP contribution in [0, 0.1) is 0 Å². The fourth-order valence-corrected chi connectivity index (χ4v) is 4.50. The lowest BCUT2D eigenvalue weighted by Gasteiger charge is -2.26. The van der Waals surface area contributed by atoms with E-state index in [1.807, 2.05) is 13.8 Å². The Morgan fingerprint density at radius 2 is 2.12 bits per heavy atom. The SMILES string of the molecule is CC(C)c1nc([C@H]2CCCCCN2S(=O)(=O)c2cccnc2)no1. The highest BCUT2D eigenvalue weighted by Crippen LogP contribution is 2.33. The van der Waals surface area contributed by atoms with Crippen molar-refractivity contribution in [3.63, 3.8) is 0 Å². The van der Waals surface area contributed by atoms with Gasteiger partial charge in [-0.1, -0.05) is 31.8 Å². The summed E-state index contributed by atoms with van der Waals surface area (Å²) in [6.07, 6.45) is 6.39. The number of sulfonamides is 1. The first-order valence-corrected chi connectivity index (χ1v) is 9.69. The van der Waals surface area contributed by atoms with E-state index in [1.54, 1.807) is 18.3 Å². The highest BCUT2D eigenvalue weighted by Gasteiger charge is 2.36. The van der Waals surface area contributed by atoms with Crippen LogP contribution in [0.2, 0.25) is 0 Å². The minimum Gasteiger partial charge on any atom is -0.339 e. The maximum Gasteiger partial charge on any atom is 0.245 e. The van der Waals surface area contributed by atoms with E-state index in [0.29, 0.717) is 24.7 Å². The van der Waals surface area contributed by atoms with E-state index >= 15 is 0 Å². The van der Waals surface area contributed by atoms with Crippen LogP contribution in [-0.4, -0.2) is 34.4 Å². The van der Waals surface area contributed by atoms with E-state index in [-0.39, 0.29) is 10.8 Å². The van der Waals surface area contributed by atoms with Crippen molar-refractivity contribution in [2.45, 2.75) is 56.4 Å². The molecule has 1 aliphatic heterocycles. The molecule has 7 nitrogen and oxygen atoms in total. The Labute approximate surface area is 142 Å². The van der Waals surface area contributed by atoms with E-state index in [1.165, 1.54) is 10.5 Å². The Morgan fingerprint density at radius 1 is 1.29 bits per heavy atom. The Kier molecular flexibility index (Phi) is 4.96. The average Bonchev–Trinajstić information content (AvgIpc) is 2.93. The molecule has 0 unspecified atom stereocenters. The second-order valence-electron chi connectivity index (χ2n) is 6.32. The monoisotopic (exact) mass is 350 g/mol. The first-order valence-electron chi connectivity index (χ1n) is 8.25. The quantitative estimate of drug-likeness (QED) is 0.842. The summed E-state index contributed by atoms with van der Waals surface area (Å²) in [7, 11) is -3.64. The van der Waals surface area contributed by atoms with Crippen LogP contribution in [0.5, 0.6) is 0 Å². The summed E-state index contributed by atoms with van der Waals surface area (Å²) in [5, 5.41) is 4.05. The summed E-state index contributed by atoms with van der Waals surface area (Å²) in [4.78, 5) is 8.57. The highest BCUT2D eigenvalue weighted by molar-refractivity contribution is 7.89. The summed E-state index contributed by atoms with van der Waals surface area (Å²) in [6.45, 7) is 4.39. The van der Waals surface area contributed by atoms with Gasteiger partial charge in [0.15, 0.2) is 5.82 Å². The average molecular weight is 350 g/mol. The number of hydrogen-bond acceptors (Lipinski definition) is 6. The van der Waals surface area contributed by atoms with Crippen LogP contribution >= 0.6 is 0 Å². The molecule has 8 heteroatoms. The van der Waals surface area contributed by atoms with Gasteiger partial charge in [-0.3, -0.25) is 4.98 Å². The lowest BCUT2D eigenvalue weighted by molar-refractivity contribution is 0.300. The van der Waals surface area contributed by atoms with Crippen LogP contribution in [0.25, 0.3) is 0 Å². The van der Waals surface area contributed by atoms with Crippen molar-refractivity contribution < 1.29 is 12.9 Å². The van der Waals surface area contributed by atoms with E-state index < -0.39 is 16.1 Å². The van der Waals surface area contributed by atoms with E-state index in [2.05, 4.69) is 15.1 Å². The molecule has 3 rings (SSSR count). The third-order valence-corrected chi connectivity index (χ3v) is 6.09. The summed E-state index contributed by atoms with van der Waals surface area (Å²) < 4.78 is 32.9. The van der Waals surface area contributed by atoms with Gasteiger partial charge >= 0.3 is 0 Å². The highest BCUT2D eigenvalue weighted by atomic mass is 32.2. The standard InChI is InChI=1S/C16H22N4O3S/c1-12(2)16-18-15(19-23-16)14-8-4-3-5-10-20(14)24(21,22)13-7-6-9-17-11-13/h6-7,9,11-12,14H,3-5,8,10H2,1-2H3/t14-/m1/s1. The van der Waals surface area contributed by atoms with Crippen LogP contribution in [0.15, 0.2) is 33.9 Å². The lowest BCUT2D eigenvalue weighted by Crippen LogP contribution is -2.35. The molecule has 1 fully saturated rings. The number of aromatic nitrogens is 3. The number of pyridine rings is 1. The first kappa shape index (κ1) is 17.0. The predicted molar refractivity (Wildman–Crippen MR) is 87.7 cm³/mol. The van der Waals surface area contributed by atoms with Crippen LogP contribution in [0.1, 0.15) is 63.2 Å². The molecule has 2 aromatic heterocycles. The molecule has 24 heavy (non-hydrogen) atoms. The zero-order chi connectivity index (χ0) is 17.2. The van der Waals surface area contributed by atoms with Crippen molar-refractivity contribution >= 4 is 10.0 Å². The fraction of sp³-hybridized carbons (Fsp3) is 0.562. The Bertz CT molecular complexity index is 774. The summed E-state index contributed by atoms with van der Waals surface area (Å²) in [5.74, 6) is 1.10. The summed E-state index contributed by atoms with van der Waals surface area (Å²) >= 11 is 0.